The largest absolute Gasteiger partial charge is 0.489 e. The summed E-state index contributed by atoms with van der Waals surface area (Å²) in [6.07, 6.45) is 1.85. The molecule has 0 amide bonds. The van der Waals surface area contributed by atoms with Gasteiger partial charge < -0.3 is 10.1 Å². The zero-order valence-corrected chi connectivity index (χ0v) is 10.7. The number of halogens is 1. The van der Waals surface area contributed by atoms with Crippen molar-refractivity contribution >= 4 is 22.5 Å². The molecule has 0 spiro atoms. The van der Waals surface area contributed by atoms with E-state index in [0.717, 1.165) is 23.2 Å². The van der Waals surface area contributed by atoms with Crippen molar-refractivity contribution in [2.45, 2.75) is 13.0 Å². The quantitative estimate of drug-likeness (QED) is 0.906. The lowest BCUT2D eigenvalue weighted by atomic mass is 10.2. The SMILES string of the molecule is CNCC(C)Oc1ccnc2cc(Cl)ccc12. The first-order chi connectivity index (χ1) is 8.20. The molecule has 1 N–H and O–H groups in total. The van der Waals surface area contributed by atoms with Gasteiger partial charge in [-0.2, -0.15) is 0 Å². The molecule has 1 unspecified atom stereocenters. The van der Waals surface area contributed by atoms with Gasteiger partial charge in [0.25, 0.3) is 0 Å². The predicted molar refractivity (Wildman–Crippen MR) is 70.8 cm³/mol. The van der Waals surface area contributed by atoms with Crippen LogP contribution in [0.5, 0.6) is 5.75 Å². The fraction of sp³-hybridized carbons (Fsp3) is 0.308. The second kappa shape index (κ2) is 5.34. The van der Waals surface area contributed by atoms with E-state index in [1.54, 1.807) is 6.20 Å². The fourth-order valence-corrected chi connectivity index (χ4v) is 1.91. The highest BCUT2D eigenvalue weighted by Crippen LogP contribution is 2.26. The molecule has 0 fully saturated rings. The molecule has 1 heterocycles. The molecule has 1 aromatic carbocycles. The number of benzene rings is 1. The molecule has 0 aliphatic heterocycles. The molecule has 1 atom stereocenters. The normalized spacial score (nSPS) is 12.6. The van der Waals surface area contributed by atoms with Crippen molar-refractivity contribution < 1.29 is 4.74 Å². The number of hydrogen-bond acceptors (Lipinski definition) is 3. The van der Waals surface area contributed by atoms with Gasteiger partial charge in [-0.25, -0.2) is 0 Å². The second-order valence-electron chi connectivity index (χ2n) is 3.96. The zero-order chi connectivity index (χ0) is 12.3. The Kier molecular flexibility index (Phi) is 3.82. The maximum Gasteiger partial charge on any atom is 0.130 e. The number of ether oxygens (including phenoxy) is 1. The zero-order valence-electron chi connectivity index (χ0n) is 9.90. The Labute approximate surface area is 106 Å². The molecule has 2 aromatic rings. The standard InChI is InChI=1S/C13H15ClN2O/c1-9(8-15-2)17-13-5-6-16-12-7-10(14)3-4-11(12)13/h3-7,9,15H,8H2,1-2H3. The van der Waals surface area contributed by atoms with Gasteiger partial charge in [0.2, 0.25) is 0 Å². The summed E-state index contributed by atoms with van der Waals surface area (Å²) >= 11 is 5.94. The van der Waals surface area contributed by atoms with Crippen LogP contribution in [0.2, 0.25) is 5.02 Å². The highest BCUT2D eigenvalue weighted by Gasteiger charge is 2.07. The van der Waals surface area contributed by atoms with Gasteiger partial charge in [0.1, 0.15) is 11.9 Å². The van der Waals surface area contributed by atoms with Gasteiger partial charge in [0.15, 0.2) is 0 Å². The van der Waals surface area contributed by atoms with Crippen LogP contribution in [0.4, 0.5) is 0 Å². The lowest BCUT2D eigenvalue weighted by Gasteiger charge is -2.15. The Bertz CT molecular complexity index is 516. The number of nitrogens with zero attached hydrogens (tertiary/aromatic N) is 1. The minimum Gasteiger partial charge on any atom is -0.489 e. The third-order valence-corrected chi connectivity index (χ3v) is 2.72. The number of fused-ring (bicyclic) bond motifs is 1. The summed E-state index contributed by atoms with van der Waals surface area (Å²) in [6.45, 7) is 2.83. The third-order valence-electron chi connectivity index (χ3n) is 2.48. The van der Waals surface area contributed by atoms with Crippen molar-refractivity contribution in [1.82, 2.24) is 10.3 Å². The smallest absolute Gasteiger partial charge is 0.130 e. The Balaban J connectivity index is 2.34. The molecular formula is C13H15ClN2O. The number of nitrogens with one attached hydrogen (secondary N) is 1. The molecule has 3 nitrogen and oxygen atoms in total. The van der Waals surface area contributed by atoms with E-state index in [-0.39, 0.29) is 6.10 Å². The first-order valence-electron chi connectivity index (χ1n) is 5.56. The Hall–Kier alpha value is -1.32. The molecule has 0 saturated heterocycles. The van der Waals surface area contributed by atoms with E-state index >= 15 is 0 Å². The molecule has 0 aliphatic rings. The minimum absolute atomic E-state index is 0.112. The van der Waals surface area contributed by atoms with Crippen molar-refractivity contribution in [3.8, 4) is 5.75 Å². The molecule has 0 aliphatic carbocycles. The van der Waals surface area contributed by atoms with Crippen LogP contribution in [0, 0.1) is 0 Å². The Morgan fingerprint density at radius 2 is 2.24 bits per heavy atom. The Morgan fingerprint density at radius 3 is 3.00 bits per heavy atom. The highest BCUT2D eigenvalue weighted by atomic mass is 35.5. The van der Waals surface area contributed by atoms with Crippen molar-refractivity contribution in [3.63, 3.8) is 0 Å². The molecule has 0 radical (unpaired) electrons. The summed E-state index contributed by atoms with van der Waals surface area (Å²) in [5, 5.41) is 4.75. The van der Waals surface area contributed by atoms with E-state index in [1.807, 2.05) is 38.2 Å². The molecule has 90 valence electrons. The Morgan fingerprint density at radius 1 is 1.41 bits per heavy atom. The number of rotatable bonds is 4. The summed E-state index contributed by atoms with van der Waals surface area (Å²) in [6, 6.07) is 7.50. The van der Waals surface area contributed by atoms with Gasteiger partial charge in [-0.1, -0.05) is 11.6 Å². The van der Waals surface area contributed by atoms with Crippen LogP contribution in [0.25, 0.3) is 10.9 Å². The molecule has 0 bridgehead atoms. The summed E-state index contributed by atoms with van der Waals surface area (Å²) in [5.74, 6) is 0.842. The van der Waals surface area contributed by atoms with Crippen LogP contribution in [0.15, 0.2) is 30.5 Å². The number of aromatic nitrogens is 1. The maximum absolute atomic E-state index is 5.94. The van der Waals surface area contributed by atoms with Crippen LogP contribution in [-0.2, 0) is 0 Å². The van der Waals surface area contributed by atoms with Gasteiger partial charge in [-0.3, -0.25) is 4.98 Å². The average Bonchev–Trinajstić information content (AvgIpc) is 2.29. The molecule has 2 rings (SSSR count). The van der Waals surface area contributed by atoms with Crippen molar-refractivity contribution in [2.24, 2.45) is 0 Å². The van der Waals surface area contributed by atoms with E-state index in [9.17, 15) is 0 Å². The molecule has 0 saturated carbocycles. The van der Waals surface area contributed by atoms with Gasteiger partial charge >= 0.3 is 0 Å². The van der Waals surface area contributed by atoms with Gasteiger partial charge in [-0.15, -0.1) is 0 Å². The monoisotopic (exact) mass is 250 g/mol. The van der Waals surface area contributed by atoms with Crippen molar-refractivity contribution in [2.75, 3.05) is 13.6 Å². The van der Waals surface area contributed by atoms with Crippen molar-refractivity contribution in [1.29, 1.82) is 0 Å². The predicted octanol–water partition coefficient (Wildman–Crippen LogP) is 2.87. The van der Waals surface area contributed by atoms with Crippen LogP contribution >= 0.6 is 11.6 Å². The van der Waals surface area contributed by atoms with E-state index in [1.165, 1.54) is 0 Å². The van der Waals surface area contributed by atoms with E-state index < -0.39 is 0 Å². The summed E-state index contributed by atoms with van der Waals surface area (Å²) < 4.78 is 5.86. The first kappa shape index (κ1) is 12.1. The van der Waals surface area contributed by atoms with Crippen LogP contribution in [-0.4, -0.2) is 24.7 Å². The first-order valence-corrected chi connectivity index (χ1v) is 5.94. The lowest BCUT2D eigenvalue weighted by Crippen LogP contribution is -2.26. The highest BCUT2D eigenvalue weighted by molar-refractivity contribution is 6.31. The summed E-state index contributed by atoms with van der Waals surface area (Å²) in [7, 11) is 1.91. The van der Waals surface area contributed by atoms with Crippen LogP contribution < -0.4 is 10.1 Å². The topological polar surface area (TPSA) is 34.1 Å². The fourth-order valence-electron chi connectivity index (χ4n) is 1.74. The number of pyridine rings is 1. The molecule has 4 heteroatoms. The lowest BCUT2D eigenvalue weighted by molar-refractivity contribution is 0.223. The van der Waals surface area contributed by atoms with Gasteiger partial charge in [-0.05, 0) is 38.2 Å². The molecule has 17 heavy (non-hydrogen) atoms. The number of hydrogen-bond donors (Lipinski definition) is 1. The molecule has 1 aromatic heterocycles. The second-order valence-corrected chi connectivity index (χ2v) is 4.39. The van der Waals surface area contributed by atoms with Crippen LogP contribution in [0.3, 0.4) is 0 Å². The van der Waals surface area contributed by atoms with Gasteiger partial charge in [0.05, 0.1) is 5.52 Å². The minimum atomic E-state index is 0.112. The van der Waals surface area contributed by atoms with E-state index in [4.69, 9.17) is 16.3 Å². The van der Waals surface area contributed by atoms with E-state index in [0.29, 0.717) is 5.02 Å². The average molecular weight is 251 g/mol. The maximum atomic E-state index is 5.94. The number of likely N-dealkylation sites (N-methyl/N-ethyl adjacent to an activating group) is 1. The third kappa shape index (κ3) is 2.87. The van der Waals surface area contributed by atoms with Gasteiger partial charge in [0, 0.05) is 23.2 Å². The molecular weight excluding hydrogens is 236 g/mol. The van der Waals surface area contributed by atoms with E-state index in [2.05, 4.69) is 10.3 Å². The summed E-state index contributed by atoms with van der Waals surface area (Å²) in [4.78, 5) is 4.28. The van der Waals surface area contributed by atoms with Crippen LogP contribution in [0.1, 0.15) is 6.92 Å². The summed E-state index contributed by atoms with van der Waals surface area (Å²) in [5.41, 5.74) is 0.853. The van der Waals surface area contributed by atoms with Crippen molar-refractivity contribution in [3.05, 3.63) is 35.5 Å².